The Morgan fingerprint density at radius 3 is 2.76 bits per heavy atom. The molecule has 1 aliphatic rings. The molecule has 0 spiro atoms. The Morgan fingerprint density at radius 1 is 1.28 bits per heavy atom. The third-order valence-corrected chi connectivity index (χ3v) is 4.11. The number of nitrogens with one attached hydrogen (secondary N) is 1. The number of para-hydroxylation sites is 1. The molecule has 1 aliphatic heterocycles. The van der Waals surface area contributed by atoms with Crippen LogP contribution in [0.1, 0.15) is 12.1 Å². The van der Waals surface area contributed by atoms with Gasteiger partial charge in [0.25, 0.3) is 0 Å². The predicted octanol–water partition coefficient (Wildman–Crippen LogP) is 1.21. The first-order valence-electron chi connectivity index (χ1n) is 8.17. The molecule has 25 heavy (non-hydrogen) atoms. The van der Waals surface area contributed by atoms with Crippen molar-refractivity contribution >= 4 is 23.5 Å². The Kier molecular flexibility index (Phi) is 4.92. The van der Waals surface area contributed by atoms with Crippen LogP contribution in [0.5, 0.6) is 0 Å². The van der Waals surface area contributed by atoms with Gasteiger partial charge in [-0.15, -0.1) is 0 Å². The summed E-state index contributed by atoms with van der Waals surface area (Å²) in [7, 11) is 3.72. The maximum Gasteiger partial charge on any atom is 0.227 e. The second-order valence-corrected chi connectivity index (χ2v) is 6.20. The van der Waals surface area contributed by atoms with Crippen LogP contribution >= 0.6 is 0 Å². The molecule has 1 saturated heterocycles. The normalized spacial score (nSPS) is 16.8. The highest BCUT2D eigenvalue weighted by Crippen LogP contribution is 2.24. The number of carbonyl (C=O) groups is 2. The molecule has 1 fully saturated rings. The maximum absolute atomic E-state index is 12.4. The Labute approximate surface area is 146 Å². The molecule has 0 saturated carbocycles. The lowest BCUT2D eigenvalue weighted by Crippen LogP contribution is -2.33. The Bertz CT molecular complexity index is 763. The summed E-state index contributed by atoms with van der Waals surface area (Å²) >= 11 is 0. The van der Waals surface area contributed by atoms with Gasteiger partial charge in [-0.1, -0.05) is 18.2 Å². The molecule has 2 heterocycles. The number of rotatable bonds is 5. The van der Waals surface area contributed by atoms with E-state index in [1.165, 1.54) is 0 Å². The lowest BCUT2D eigenvalue weighted by Gasteiger charge is -2.16. The van der Waals surface area contributed by atoms with Gasteiger partial charge in [-0.3, -0.25) is 9.59 Å². The van der Waals surface area contributed by atoms with E-state index in [9.17, 15) is 9.59 Å². The Hall–Kier alpha value is -2.96. The van der Waals surface area contributed by atoms with E-state index in [0.29, 0.717) is 19.0 Å². The van der Waals surface area contributed by atoms with Crippen LogP contribution in [0.4, 0.5) is 11.6 Å². The van der Waals surface area contributed by atoms with Crippen molar-refractivity contribution in [2.45, 2.75) is 13.0 Å². The molecule has 0 radical (unpaired) electrons. The molecule has 1 aromatic carbocycles. The highest BCUT2D eigenvalue weighted by Gasteiger charge is 2.34. The molecule has 1 atom stereocenters. The summed E-state index contributed by atoms with van der Waals surface area (Å²) in [5.41, 5.74) is 1.56. The lowest BCUT2D eigenvalue weighted by molar-refractivity contribution is -0.126. The number of aromatic nitrogens is 2. The van der Waals surface area contributed by atoms with Crippen molar-refractivity contribution in [2.75, 3.05) is 30.4 Å². The zero-order valence-electron chi connectivity index (χ0n) is 14.3. The van der Waals surface area contributed by atoms with Gasteiger partial charge in [0.05, 0.1) is 18.2 Å². The van der Waals surface area contributed by atoms with E-state index in [4.69, 9.17) is 0 Å². The highest BCUT2D eigenvalue weighted by atomic mass is 16.2. The SMILES string of the molecule is CN(C)c1nccc(CNC(=O)C2CC(=O)N(c3ccccc3)C2)n1. The average Bonchev–Trinajstić information content (AvgIpc) is 3.02. The van der Waals surface area contributed by atoms with E-state index in [1.807, 2.05) is 44.4 Å². The van der Waals surface area contributed by atoms with Crippen molar-refractivity contribution in [1.29, 1.82) is 0 Å². The molecule has 0 bridgehead atoms. The Morgan fingerprint density at radius 2 is 2.04 bits per heavy atom. The monoisotopic (exact) mass is 339 g/mol. The number of nitrogens with zero attached hydrogens (tertiary/aromatic N) is 4. The van der Waals surface area contributed by atoms with Crippen molar-refractivity contribution < 1.29 is 9.59 Å². The minimum atomic E-state index is -0.345. The molecule has 2 amide bonds. The van der Waals surface area contributed by atoms with Gasteiger partial charge in [0.15, 0.2) is 0 Å². The van der Waals surface area contributed by atoms with Crippen LogP contribution in [-0.4, -0.2) is 42.4 Å². The van der Waals surface area contributed by atoms with Crippen LogP contribution < -0.4 is 15.1 Å². The van der Waals surface area contributed by atoms with Crippen LogP contribution in [0.2, 0.25) is 0 Å². The first kappa shape index (κ1) is 16.9. The van der Waals surface area contributed by atoms with E-state index in [1.54, 1.807) is 22.1 Å². The zero-order chi connectivity index (χ0) is 17.8. The van der Waals surface area contributed by atoms with Gasteiger partial charge >= 0.3 is 0 Å². The van der Waals surface area contributed by atoms with Crippen molar-refractivity contribution in [1.82, 2.24) is 15.3 Å². The summed E-state index contributed by atoms with van der Waals surface area (Å²) in [5, 5.41) is 2.87. The van der Waals surface area contributed by atoms with Crippen LogP contribution in [-0.2, 0) is 16.1 Å². The quantitative estimate of drug-likeness (QED) is 0.886. The maximum atomic E-state index is 12.4. The van der Waals surface area contributed by atoms with Gasteiger partial charge in [0, 0.05) is 38.9 Å². The van der Waals surface area contributed by atoms with E-state index in [-0.39, 0.29) is 24.2 Å². The van der Waals surface area contributed by atoms with Crippen molar-refractivity contribution in [3.8, 4) is 0 Å². The molecule has 2 aromatic rings. The van der Waals surface area contributed by atoms with Crippen molar-refractivity contribution in [3.05, 3.63) is 48.3 Å². The first-order chi connectivity index (χ1) is 12.0. The molecule has 130 valence electrons. The molecule has 1 N–H and O–H groups in total. The molecular weight excluding hydrogens is 318 g/mol. The fourth-order valence-electron chi connectivity index (χ4n) is 2.76. The number of hydrogen-bond donors (Lipinski definition) is 1. The second-order valence-electron chi connectivity index (χ2n) is 6.20. The summed E-state index contributed by atoms with van der Waals surface area (Å²) < 4.78 is 0. The van der Waals surface area contributed by atoms with Gasteiger partial charge in [-0.25, -0.2) is 9.97 Å². The minimum Gasteiger partial charge on any atom is -0.350 e. The van der Waals surface area contributed by atoms with Gasteiger partial charge in [0.2, 0.25) is 17.8 Å². The smallest absolute Gasteiger partial charge is 0.227 e. The van der Waals surface area contributed by atoms with Gasteiger partial charge in [-0.05, 0) is 18.2 Å². The van der Waals surface area contributed by atoms with Crippen LogP contribution in [0.3, 0.4) is 0 Å². The summed E-state index contributed by atoms with van der Waals surface area (Å²) in [4.78, 5) is 36.6. The molecule has 7 nitrogen and oxygen atoms in total. The van der Waals surface area contributed by atoms with E-state index in [0.717, 1.165) is 11.4 Å². The fraction of sp³-hybridized carbons (Fsp3) is 0.333. The van der Waals surface area contributed by atoms with Crippen LogP contribution in [0, 0.1) is 5.92 Å². The predicted molar refractivity (Wildman–Crippen MR) is 95.1 cm³/mol. The number of anilines is 2. The average molecular weight is 339 g/mol. The minimum absolute atomic E-state index is 0.0247. The third-order valence-electron chi connectivity index (χ3n) is 4.11. The lowest BCUT2D eigenvalue weighted by atomic mass is 10.1. The summed E-state index contributed by atoms with van der Waals surface area (Å²) in [6, 6.07) is 11.2. The van der Waals surface area contributed by atoms with Crippen molar-refractivity contribution in [2.24, 2.45) is 5.92 Å². The molecule has 1 aromatic heterocycles. The number of amides is 2. The van der Waals surface area contributed by atoms with Crippen LogP contribution in [0.25, 0.3) is 0 Å². The summed E-state index contributed by atoms with van der Waals surface area (Å²) in [6.45, 7) is 0.722. The molecule has 1 unspecified atom stereocenters. The van der Waals surface area contributed by atoms with E-state index >= 15 is 0 Å². The number of hydrogen-bond acceptors (Lipinski definition) is 5. The fourth-order valence-corrected chi connectivity index (χ4v) is 2.76. The summed E-state index contributed by atoms with van der Waals surface area (Å²) in [5.74, 6) is 0.0981. The number of carbonyl (C=O) groups excluding carboxylic acids is 2. The zero-order valence-corrected chi connectivity index (χ0v) is 14.3. The Balaban J connectivity index is 1.59. The first-order valence-corrected chi connectivity index (χ1v) is 8.17. The van der Waals surface area contributed by atoms with Crippen molar-refractivity contribution in [3.63, 3.8) is 0 Å². The third kappa shape index (κ3) is 3.93. The van der Waals surface area contributed by atoms with Gasteiger partial charge in [0.1, 0.15) is 0 Å². The largest absolute Gasteiger partial charge is 0.350 e. The molecule has 3 rings (SSSR count). The highest BCUT2D eigenvalue weighted by molar-refractivity contribution is 6.00. The molecular formula is C18H21N5O2. The standard InChI is InChI=1S/C18H21N5O2/c1-22(2)18-19-9-8-14(21-18)11-20-17(25)13-10-16(24)23(12-13)15-6-4-3-5-7-15/h3-9,13H,10-12H2,1-2H3,(H,20,25). The van der Waals surface area contributed by atoms with E-state index in [2.05, 4.69) is 15.3 Å². The van der Waals surface area contributed by atoms with Gasteiger partial charge < -0.3 is 15.1 Å². The van der Waals surface area contributed by atoms with Crippen LogP contribution in [0.15, 0.2) is 42.6 Å². The molecule has 7 heteroatoms. The molecule has 0 aliphatic carbocycles. The number of benzene rings is 1. The van der Waals surface area contributed by atoms with E-state index < -0.39 is 0 Å². The van der Waals surface area contributed by atoms with Gasteiger partial charge in [-0.2, -0.15) is 0 Å². The summed E-state index contributed by atoms with van der Waals surface area (Å²) in [6.07, 6.45) is 1.90. The topological polar surface area (TPSA) is 78.4 Å². The second kappa shape index (κ2) is 7.29.